The molecule has 0 amide bonds. The molecule has 0 fully saturated rings. The van der Waals surface area contributed by atoms with E-state index in [1.165, 1.54) is 5.56 Å². The standard InChI is InChI=1S/C11H15N.2C2H6/c1-4-6-7-12-9-10(3)8-11(12)5-2;2*1-2/h5-9H,2,4H2,1,3H3;2*1-2H3/b7-6-;;. The van der Waals surface area contributed by atoms with Gasteiger partial charge in [0.1, 0.15) is 0 Å². The molecular formula is C15H27N. The number of allylic oxidation sites excluding steroid dienone is 1. The summed E-state index contributed by atoms with van der Waals surface area (Å²) in [7, 11) is 0. The average molecular weight is 221 g/mol. The lowest BCUT2D eigenvalue weighted by atomic mass is 10.3. The Morgan fingerprint density at radius 3 is 2.25 bits per heavy atom. The second-order valence-corrected chi connectivity index (χ2v) is 2.85. The molecule has 0 aliphatic rings. The van der Waals surface area contributed by atoms with Gasteiger partial charge in [0.05, 0.1) is 0 Å². The number of aryl methyl sites for hydroxylation is 1. The summed E-state index contributed by atoms with van der Waals surface area (Å²) in [6, 6.07) is 2.12. The summed E-state index contributed by atoms with van der Waals surface area (Å²) in [6.45, 7) is 16.0. The number of aromatic nitrogens is 1. The smallest absolute Gasteiger partial charge is 0.0446 e. The van der Waals surface area contributed by atoms with Crippen LogP contribution in [-0.2, 0) is 0 Å². The van der Waals surface area contributed by atoms with Crippen molar-refractivity contribution in [3.8, 4) is 0 Å². The van der Waals surface area contributed by atoms with Crippen LogP contribution in [0.25, 0.3) is 12.3 Å². The van der Waals surface area contributed by atoms with Gasteiger partial charge in [0.15, 0.2) is 0 Å². The van der Waals surface area contributed by atoms with Crippen LogP contribution in [0.3, 0.4) is 0 Å². The fourth-order valence-electron chi connectivity index (χ4n) is 1.15. The zero-order valence-electron chi connectivity index (χ0n) is 11.7. The summed E-state index contributed by atoms with van der Waals surface area (Å²) in [4.78, 5) is 0. The van der Waals surface area contributed by atoms with Gasteiger partial charge in [0.2, 0.25) is 0 Å². The topological polar surface area (TPSA) is 4.93 Å². The lowest BCUT2D eigenvalue weighted by Crippen LogP contribution is -1.84. The lowest BCUT2D eigenvalue weighted by molar-refractivity contribution is 1.12. The van der Waals surface area contributed by atoms with Crippen molar-refractivity contribution in [1.29, 1.82) is 0 Å². The molecule has 0 aromatic carbocycles. The summed E-state index contributed by atoms with van der Waals surface area (Å²) < 4.78 is 2.09. The predicted octanol–water partition coefficient (Wildman–Crippen LogP) is 5.37. The number of hydrogen-bond acceptors (Lipinski definition) is 0. The molecule has 1 rings (SSSR count). The highest BCUT2D eigenvalue weighted by molar-refractivity contribution is 5.49. The minimum absolute atomic E-state index is 1.06. The van der Waals surface area contributed by atoms with Crippen molar-refractivity contribution in [2.45, 2.75) is 48.0 Å². The first-order chi connectivity index (χ1) is 7.77. The SMILES string of the molecule is C=Cc1cc(C)cn1/C=C\CC.CC.CC. The maximum atomic E-state index is 3.76. The Labute approximate surface area is 101 Å². The Morgan fingerprint density at radius 1 is 1.25 bits per heavy atom. The molecule has 0 N–H and O–H groups in total. The molecule has 1 heterocycles. The van der Waals surface area contributed by atoms with Crippen molar-refractivity contribution in [2.75, 3.05) is 0 Å². The first-order valence-corrected chi connectivity index (χ1v) is 6.25. The van der Waals surface area contributed by atoms with Gasteiger partial charge < -0.3 is 4.57 Å². The van der Waals surface area contributed by atoms with E-state index in [0.29, 0.717) is 0 Å². The van der Waals surface area contributed by atoms with Crippen molar-refractivity contribution in [3.63, 3.8) is 0 Å². The Morgan fingerprint density at radius 2 is 1.81 bits per heavy atom. The van der Waals surface area contributed by atoms with E-state index < -0.39 is 0 Å². The highest BCUT2D eigenvalue weighted by Gasteiger charge is 1.94. The molecule has 0 unspecified atom stereocenters. The van der Waals surface area contributed by atoms with Gasteiger partial charge in [-0.3, -0.25) is 0 Å². The molecule has 0 atom stereocenters. The van der Waals surface area contributed by atoms with E-state index in [4.69, 9.17) is 0 Å². The van der Waals surface area contributed by atoms with E-state index in [2.05, 4.69) is 49.5 Å². The second kappa shape index (κ2) is 11.8. The minimum atomic E-state index is 1.06. The molecule has 16 heavy (non-hydrogen) atoms. The van der Waals surface area contributed by atoms with Gasteiger partial charge in [-0.25, -0.2) is 0 Å². The summed E-state index contributed by atoms with van der Waals surface area (Å²) in [5.74, 6) is 0. The van der Waals surface area contributed by atoms with Gasteiger partial charge >= 0.3 is 0 Å². The molecule has 1 aromatic rings. The fraction of sp³-hybridized carbons (Fsp3) is 0.467. The molecule has 1 nitrogen and oxygen atoms in total. The van der Waals surface area contributed by atoms with E-state index in [1.807, 2.05) is 33.8 Å². The Kier molecular flexibility index (Phi) is 12.7. The molecule has 1 heteroatoms. The second-order valence-electron chi connectivity index (χ2n) is 2.85. The minimum Gasteiger partial charge on any atom is -0.324 e. The average Bonchev–Trinajstić information content (AvgIpc) is 2.72. The van der Waals surface area contributed by atoms with E-state index in [9.17, 15) is 0 Å². The Hall–Kier alpha value is -1.24. The Balaban J connectivity index is 0. The highest BCUT2D eigenvalue weighted by atomic mass is 14.9. The summed E-state index contributed by atoms with van der Waals surface area (Å²) in [6.07, 6.45) is 9.24. The number of nitrogens with zero attached hydrogens (tertiary/aromatic N) is 1. The van der Waals surface area contributed by atoms with Crippen LogP contribution in [0.5, 0.6) is 0 Å². The van der Waals surface area contributed by atoms with Crippen LogP contribution in [0.15, 0.2) is 24.9 Å². The third kappa shape index (κ3) is 6.28. The van der Waals surface area contributed by atoms with Gasteiger partial charge in [-0.15, -0.1) is 0 Å². The van der Waals surface area contributed by atoms with Crippen LogP contribution in [0.2, 0.25) is 0 Å². The van der Waals surface area contributed by atoms with E-state index in [1.54, 1.807) is 0 Å². The third-order valence-corrected chi connectivity index (χ3v) is 1.73. The van der Waals surface area contributed by atoms with Crippen molar-refractivity contribution >= 4 is 12.3 Å². The monoisotopic (exact) mass is 221 g/mol. The van der Waals surface area contributed by atoms with Crippen LogP contribution >= 0.6 is 0 Å². The van der Waals surface area contributed by atoms with E-state index >= 15 is 0 Å². The molecular weight excluding hydrogens is 194 g/mol. The van der Waals surface area contributed by atoms with E-state index in [-0.39, 0.29) is 0 Å². The van der Waals surface area contributed by atoms with E-state index in [0.717, 1.165) is 12.1 Å². The largest absolute Gasteiger partial charge is 0.324 e. The van der Waals surface area contributed by atoms with Crippen molar-refractivity contribution in [3.05, 3.63) is 36.2 Å². The molecule has 0 saturated heterocycles. The molecule has 92 valence electrons. The maximum Gasteiger partial charge on any atom is 0.0446 e. The summed E-state index contributed by atoms with van der Waals surface area (Å²) >= 11 is 0. The molecule has 0 aliphatic carbocycles. The Bertz CT molecular complexity index is 292. The van der Waals surface area contributed by atoms with Crippen molar-refractivity contribution in [2.24, 2.45) is 0 Å². The molecule has 1 aromatic heterocycles. The molecule has 0 radical (unpaired) electrons. The third-order valence-electron chi connectivity index (χ3n) is 1.73. The van der Waals surface area contributed by atoms with Gasteiger partial charge in [0, 0.05) is 18.1 Å². The van der Waals surface area contributed by atoms with Crippen LogP contribution in [-0.4, -0.2) is 4.57 Å². The van der Waals surface area contributed by atoms with Crippen LogP contribution in [0.4, 0.5) is 0 Å². The summed E-state index contributed by atoms with van der Waals surface area (Å²) in [5, 5.41) is 0. The number of rotatable bonds is 3. The van der Waals surface area contributed by atoms with Gasteiger partial charge in [-0.05, 0) is 31.1 Å². The zero-order chi connectivity index (χ0) is 13.0. The fourth-order valence-corrected chi connectivity index (χ4v) is 1.15. The molecule has 0 aliphatic heterocycles. The predicted molar refractivity (Wildman–Crippen MR) is 77.6 cm³/mol. The van der Waals surface area contributed by atoms with Crippen molar-refractivity contribution < 1.29 is 0 Å². The van der Waals surface area contributed by atoms with Crippen LogP contribution in [0, 0.1) is 6.92 Å². The normalized spacial score (nSPS) is 8.88. The first kappa shape index (κ1) is 17.2. The van der Waals surface area contributed by atoms with Gasteiger partial charge in [-0.2, -0.15) is 0 Å². The highest BCUT2D eigenvalue weighted by Crippen LogP contribution is 2.09. The molecule has 0 bridgehead atoms. The first-order valence-electron chi connectivity index (χ1n) is 6.25. The van der Waals surface area contributed by atoms with Crippen LogP contribution < -0.4 is 0 Å². The van der Waals surface area contributed by atoms with Gasteiger partial charge in [0.25, 0.3) is 0 Å². The zero-order valence-corrected chi connectivity index (χ0v) is 11.7. The van der Waals surface area contributed by atoms with Gasteiger partial charge in [-0.1, -0.05) is 47.3 Å². The summed E-state index contributed by atoms with van der Waals surface area (Å²) in [5.41, 5.74) is 2.42. The van der Waals surface area contributed by atoms with Crippen LogP contribution in [0.1, 0.15) is 52.3 Å². The quantitative estimate of drug-likeness (QED) is 0.646. The molecule has 0 saturated carbocycles. The number of hydrogen-bond donors (Lipinski definition) is 0. The maximum absolute atomic E-state index is 3.76. The molecule has 0 spiro atoms. The van der Waals surface area contributed by atoms with Crippen molar-refractivity contribution in [1.82, 2.24) is 4.57 Å². The lowest BCUT2D eigenvalue weighted by Gasteiger charge is -1.96.